The van der Waals surface area contributed by atoms with E-state index in [9.17, 15) is 9.59 Å². The molecule has 1 N–H and O–H groups in total. The standard InChI is InChI=1S/C22H15ClN2O4/c23-16-7-4-8-17(12-16)24-20(26)13-28-22(27)15-9-10-19-18(11-15)21(29-25-19)14-5-2-1-3-6-14/h1-12H,13H2,(H,24,26). The summed E-state index contributed by atoms with van der Waals surface area (Å²) in [5.74, 6) is -0.515. The monoisotopic (exact) mass is 406 g/mol. The van der Waals surface area contributed by atoms with Crippen LogP contribution in [-0.2, 0) is 9.53 Å². The summed E-state index contributed by atoms with van der Waals surface area (Å²) < 4.78 is 10.6. The number of benzene rings is 3. The molecule has 3 aromatic carbocycles. The molecule has 0 fully saturated rings. The summed E-state index contributed by atoms with van der Waals surface area (Å²) >= 11 is 5.88. The van der Waals surface area contributed by atoms with Gasteiger partial charge in [-0.25, -0.2) is 4.79 Å². The number of nitrogens with one attached hydrogen (secondary N) is 1. The Labute approximate surface area is 171 Å². The van der Waals surface area contributed by atoms with Gasteiger partial charge in [0.2, 0.25) is 0 Å². The molecule has 4 rings (SSSR count). The molecule has 0 unspecified atom stereocenters. The summed E-state index contributed by atoms with van der Waals surface area (Å²) in [5.41, 5.74) is 2.30. The van der Waals surface area contributed by atoms with Crippen molar-refractivity contribution in [2.45, 2.75) is 0 Å². The van der Waals surface area contributed by atoms with Crippen LogP contribution in [0.15, 0.2) is 77.3 Å². The van der Waals surface area contributed by atoms with Gasteiger partial charge in [-0.3, -0.25) is 4.79 Å². The SMILES string of the molecule is O=C(COC(=O)c1ccc2noc(-c3ccccc3)c2c1)Nc1cccc(Cl)c1. The third kappa shape index (κ3) is 4.28. The van der Waals surface area contributed by atoms with Gasteiger partial charge in [0.25, 0.3) is 5.91 Å². The second-order valence-electron chi connectivity index (χ2n) is 6.24. The third-order valence-corrected chi connectivity index (χ3v) is 4.43. The van der Waals surface area contributed by atoms with Crippen molar-refractivity contribution in [3.63, 3.8) is 0 Å². The van der Waals surface area contributed by atoms with Crippen molar-refractivity contribution in [1.29, 1.82) is 0 Å². The molecule has 0 radical (unpaired) electrons. The summed E-state index contributed by atoms with van der Waals surface area (Å²) in [6.07, 6.45) is 0. The highest BCUT2D eigenvalue weighted by Crippen LogP contribution is 2.29. The maximum Gasteiger partial charge on any atom is 0.338 e. The van der Waals surface area contributed by atoms with Gasteiger partial charge < -0.3 is 14.6 Å². The van der Waals surface area contributed by atoms with E-state index < -0.39 is 18.5 Å². The molecule has 0 spiro atoms. The topological polar surface area (TPSA) is 81.4 Å². The average Bonchev–Trinajstić information content (AvgIpc) is 3.16. The first-order valence-electron chi connectivity index (χ1n) is 8.77. The molecule has 1 amide bonds. The summed E-state index contributed by atoms with van der Waals surface area (Å²) in [7, 11) is 0. The Bertz CT molecular complexity index is 1190. The maximum atomic E-state index is 12.4. The highest BCUT2D eigenvalue weighted by atomic mass is 35.5. The smallest absolute Gasteiger partial charge is 0.338 e. The fourth-order valence-electron chi connectivity index (χ4n) is 2.84. The molecule has 29 heavy (non-hydrogen) atoms. The van der Waals surface area contributed by atoms with Gasteiger partial charge in [-0.05, 0) is 36.4 Å². The number of rotatable bonds is 5. The number of fused-ring (bicyclic) bond motifs is 1. The van der Waals surface area contributed by atoms with Gasteiger partial charge in [0.05, 0.1) is 10.9 Å². The van der Waals surface area contributed by atoms with E-state index in [-0.39, 0.29) is 0 Å². The highest BCUT2D eigenvalue weighted by Gasteiger charge is 2.15. The molecule has 144 valence electrons. The Morgan fingerprint density at radius 1 is 1.00 bits per heavy atom. The normalized spacial score (nSPS) is 10.7. The lowest BCUT2D eigenvalue weighted by molar-refractivity contribution is -0.119. The molecule has 0 bridgehead atoms. The lowest BCUT2D eigenvalue weighted by Gasteiger charge is -2.07. The van der Waals surface area contributed by atoms with Gasteiger partial charge in [-0.1, -0.05) is 53.2 Å². The lowest BCUT2D eigenvalue weighted by Crippen LogP contribution is -2.20. The Balaban J connectivity index is 1.46. The predicted octanol–water partition coefficient (Wildman–Crippen LogP) is 4.94. The minimum atomic E-state index is -0.617. The number of nitrogens with zero attached hydrogens (tertiary/aromatic N) is 1. The number of hydrogen-bond donors (Lipinski definition) is 1. The van der Waals surface area contributed by atoms with Gasteiger partial charge in [-0.2, -0.15) is 0 Å². The van der Waals surface area contributed by atoms with Crippen LogP contribution in [0.2, 0.25) is 5.02 Å². The van der Waals surface area contributed by atoms with Gasteiger partial charge in [0.1, 0.15) is 5.52 Å². The van der Waals surface area contributed by atoms with Crippen molar-refractivity contribution in [3.05, 3.63) is 83.4 Å². The summed E-state index contributed by atoms with van der Waals surface area (Å²) in [6.45, 7) is -0.418. The number of esters is 1. The zero-order valence-electron chi connectivity index (χ0n) is 15.1. The van der Waals surface area contributed by atoms with Crippen molar-refractivity contribution in [2.75, 3.05) is 11.9 Å². The number of amides is 1. The molecular formula is C22H15ClN2O4. The van der Waals surface area contributed by atoms with Crippen molar-refractivity contribution >= 4 is 40.1 Å². The highest BCUT2D eigenvalue weighted by molar-refractivity contribution is 6.30. The molecule has 0 aliphatic heterocycles. The molecule has 1 aromatic heterocycles. The summed E-state index contributed by atoms with van der Waals surface area (Å²) in [6, 6.07) is 21.1. The van der Waals surface area contributed by atoms with Crippen LogP contribution in [0.1, 0.15) is 10.4 Å². The van der Waals surface area contributed by atoms with Crippen LogP contribution in [-0.4, -0.2) is 23.6 Å². The third-order valence-electron chi connectivity index (χ3n) is 4.19. The van der Waals surface area contributed by atoms with Crippen LogP contribution < -0.4 is 5.32 Å². The molecule has 0 aliphatic carbocycles. The van der Waals surface area contributed by atoms with Crippen LogP contribution in [0.5, 0.6) is 0 Å². The van der Waals surface area contributed by atoms with Crippen molar-refractivity contribution in [3.8, 4) is 11.3 Å². The van der Waals surface area contributed by atoms with Gasteiger partial charge in [0, 0.05) is 16.3 Å². The molecule has 1 heterocycles. The molecule has 0 atom stereocenters. The largest absolute Gasteiger partial charge is 0.452 e. The lowest BCUT2D eigenvalue weighted by atomic mass is 10.1. The second kappa shape index (κ2) is 8.16. The van der Waals surface area contributed by atoms with E-state index in [4.69, 9.17) is 20.9 Å². The van der Waals surface area contributed by atoms with Crippen LogP contribution >= 0.6 is 11.6 Å². The summed E-state index contributed by atoms with van der Waals surface area (Å²) in [4.78, 5) is 24.4. The number of hydrogen-bond acceptors (Lipinski definition) is 5. The number of halogens is 1. The van der Waals surface area contributed by atoms with E-state index in [0.717, 1.165) is 5.56 Å². The molecule has 0 saturated carbocycles. The van der Waals surface area contributed by atoms with Gasteiger partial charge in [0.15, 0.2) is 12.4 Å². The number of anilines is 1. The van der Waals surface area contributed by atoms with Gasteiger partial charge >= 0.3 is 5.97 Å². The average molecular weight is 407 g/mol. The zero-order chi connectivity index (χ0) is 20.2. The number of carbonyl (C=O) groups excluding carboxylic acids is 2. The number of ether oxygens (including phenoxy) is 1. The van der Waals surface area contributed by atoms with Crippen molar-refractivity contribution in [2.24, 2.45) is 0 Å². The van der Waals surface area contributed by atoms with Crippen molar-refractivity contribution < 1.29 is 18.8 Å². The minimum Gasteiger partial charge on any atom is -0.452 e. The Morgan fingerprint density at radius 3 is 2.62 bits per heavy atom. The Hall–Kier alpha value is -3.64. The van der Waals surface area contributed by atoms with E-state index in [2.05, 4.69) is 10.5 Å². The van der Waals surface area contributed by atoms with E-state index in [0.29, 0.717) is 32.9 Å². The molecule has 0 saturated heterocycles. The molecular weight excluding hydrogens is 392 g/mol. The first-order chi connectivity index (χ1) is 14.1. The molecule has 6 nitrogen and oxygen atoms in total. The Kier molecular flexibility index (Phi) is 5.27. The zero-order valence-corrected chi connectivity index (χ0v) is 15.8. The van der Waals surface area contributed by atoms with Crippen LogP contribution in [0, 0.1) is 0 Å². The predicted molar refractivity (Wildman–Crippen MR) is 110 cm³/mol. The van der Waals surface area contributed by atoms with E-state index in [1.165, 1.54) is 0 Å². The first-order valence-corrected chi connectivity index (χ1v) is 9.15. The van der Waals surface area contributed by atoms with Gasteiger partial charge in [-0.15, -0.1) is 0 Å². The van der Waals surface area contributed by atoms with Crippen LogP contribution in [0.25, 0.3) is 22.2 Å². The summed E-state index contributed by atoms with van der Waals surface area (Å²) in [5, 5.41) is 7.83. The fraction of sp³-hybridized carbons (Fsp3) is 0.0455. The van der Waals surface area contributed by atoms with E-state index >= 15 is 0 Å². The first kappa shape index (κ1) is 18.7. The van der Waals surface area contributed by atoms with Crippen LogP contribution in [0.4, 0.5) is 5.69 Å². The molecule has 4 aromatic rings. The molecule has 0 aliphatic rings. The van der Waals surface area contributed by atoms with Crippen LogP contribution in [0.3, 0.4) is 0 Å². The van der Waals surface area contributed by atoms with E-state index in [1.807, 2.05) is 30.3 Å². The fourth-order valence-corrected chi connectivity index (χ4v) is 3.03. The number of carbonyl (C=O) groups is 2. The second-order valence-corrected chi connectivity index (χ2v) is 6.68. The minimum absolute atomic E-state index is 0.299. The Morgan fingerprint density at radius 2 is 1.83 bits per heavy atom. The number of aromatic nitrogens is 1. The quantitative estimate of drug-likeness (QED) is 0.474. The van der Waals surface area contributed by atoms with Crippen molar-refractivity contribution in [1.82, 2.24) is 5.16 Å². The van der Waals surface area contributed by atoms with E-state index in [1.54, 1.807) is 42.5 Å². The maximum absolute atomic E-state index is 12.4. The molecule has 7 heteroatoms.